The Morgan fingerprint density at radius 3 is 2.77 bits per heavy atom. The first kappa shape index (κ1) is 17.1. The summed E-state index contributed by atoms with van der Waals surface area (Å²) in [6.45, 7) is 6.70. The van der Waals surface area contributed by atoms with Gasteiger partial charge < -0.3 is 10.4 Å². The van der Waals surface area contributed by atoms with Gasteiger partial charge in [0.15, 0.2) is 0 Å². The Morgan fingerprint density at radius 1 is 1.41 bits per heavy atom. The van der Waals surface area contributed by atoms with Crippen LogP contribution < -0.4 is 5.32 Å². The maximum absolute atomic E-state index is 14.0. The molecule has 0 amide bonds. The molecule has 0 aliphatic heterocycles. The Bertz CT molecular complexity index is 528. The van der Waals surface area contributed by atoms with Gasteiger partial charge in [-0.1, -0.05) is 26.8 Å². The van der Waals surface area contributed by atoms with Gasteiger partial charge in [0.1, 0.15) is 5.82 Å². The summed E-state index contributed by atoms with van der Waals surface area (Å²) in [4.78, 5) is 4.50. The number of nitrogens with zero attached hydrogens (tertiary/aromatic N) is 1. The van der Waals surface area contributed by atoms with Gasteiger partial charge in [-0.2, -0.15) is 0 Å². The van der Waals surface area contributed by atoms with E-state index in [1.54, 1.807) is 6.07 Å². The molecule has 2 rings (SSSR count). The Labute approximate surface area is 132 Å². The van der Waals surface area contributed by atoms with E-state index in [0.29, 0.717) is 18.2 Å². The van der Waals surface area contributed by atoms with Crippen molar-refractivity contribution in [2.45, 2.75) is 52.6 Å². The predicted octanol–water partition coefficient (Wildman–Crippen LogP) is 3.53. The van der Waals surface area contributed by atoms with Crippen LogP contribution in [0.25, 0.3) is 5.57 Å². The molecule has 0 saturated heterocycles. The Hall–Kier alpha value is -1.26. The highest BCUT2D eigenvalue weighted by Crippen LogP contribution is 2.29. The summed E-state index contributed by atoms with van der Waals surface area (Å²) in [6.07, 6.45) is 5.48. The van der Waals surface area contributed by atoms with Crippen LogP contribution in [0.4, 0.5) is 4.39 Å². The number of halogens is 1. The normalized spacial score (nSPS) is 20.1. The molecule has 1 unspecified atom stereocenters. The third-order valence-corrected chi connectivity index (χ3v) is 4.45. The van der Waals surface area contributed by atoms with Crippen molar-refractivity contribution in [1.82, 2.24) is 10.3 Å². The topological polar surface area (TPSA) is 45.1 Å². The SMILES string of the molecule is CC1CC=C(c2ccc(F)c(CN[C@@H](CO)C(C)C)n2)CC1. The van der Waals surface area contributed by atoms with E-state index >= 15 is 0 Å². The van der Waals surface area contributed by atoms with E-state index in [1.807, 2.05) is 13.8 Å². The molecule has 0 saturated carbocycles. The van der Waals surface area contributed by atoms with Crippen LogP contribution in [0, 0.1) is 17.7 Å². The molecule has 1 aromatic heterocycles. The number of aliphatic hydroxyl groups is 1. The summed E-state index contributed by atoms with van der Waals surface area (Å²) < 4.78 is 14.0. The van der Waals surface area contributed by atoms with Gasteiger partial charge in [0.25, 0.3) is 0 Å². The fourth-order valence-electron chi connectivity index (χ4n) is 2.72. The van der Waals surface area contributed by atoms with Crippen molar-refractivity contribution >= 4 is 5.57 Å². The lowest BCUT2D eigenvalue weighted by Crippen LogP contribution is -2.37. The molecule has 1 aliphatic rings. The van der Waals surface area contributed by atoms with Gasteiger partial charge in [-0.05, 0) is 48.8 Å². The van der Waals surface area contributed by atoms with Crippen LogP contribution in [-0.4, -0.2) is 22.7 Å². The van der Waals surface area contributed by atoms with E-state index in [0.717, 1.165) is 24.5 Å². The van der Waals surface area contributed by atoms with Gasteiger partial charge in [-0.15, -0.1) is 0 Å². The highest BCUT2D eigenvalue weighted by molar-refractivity contribution is 5.63. The molecular formula is C18H27FN2O. The van der Waals surface area contributed by atoms with Gasteiger partial charge in [0.2, 0.25) is 0 Å². The van der Waals surface area contributed by atoms with Crippen molar-refractivity contribution in [1.29, 1.82) is 0 Å². The summed E-state index contributed by atoms with van der Waals surface area (Å²) in [5.74, 6) is 0.724. The van der Waals surface area contributed by atoms with E-state index in [1.165, 1.54) is 18.1 Å². The molecule has 2 atom stereocenters. The molecule has 22 heavy (non-hydrogen) atoms. The number of nitrogens with one attached hydrogen (secondary N) is 1. The number of hydrogen-bond acceptors (Lipinski definition) is 3. The monoisotopic (exact) mass is 306 g/mol. The van der Waals surface area contributed by atoms with Gasteiger partial charge >= 0.3 is 0 Å². The molecule has 1 aliphatic carbocycles. The predicted molar refractivity (Wildman–Crippen MR) is 87.7 cm³/mol. The molecule has 0 aromatic carbocycles. The molecule has 0 radical (unpaired) electrons. The number of hydrogen-bond donors (Lipinski definition) is 2. The Kier molecular flexibility index (Phi) is 6.09. The lowest BCUT2D eigenvalue weighted by molar-refractivity contribution is 0.209. The molecule has 3 nitrogen and oxygen atoms in total. The first-order chi connectivity index (χ1) is 10.5. The number of pyridine rings is 1. The van der Waals surface area contributed by atoms with E-state index in [9.17, 15) is 9.50 Å². The van der Waals surface area contributed by atoms with Crippen molar-refractivity contribution in [3.05, 3.63) is 35.4 Å². The molecule has 1 aromatic rings. The molecule has 0 spiro atoms. The molecular weight excluding hydrogens is 279 g/mol. The van der Waals surface area contributed by atoms with Crippen molar-refractivity contribution < 1.29 is 9.50 Å². The zero-order valence-corrected chi connectivity index (χ0v) is 13.8. The highest BCUT2D eigenvalue weighted by atomic mass is 19.1. The van der Waals surface area contributed by atoms with E-state index in [2.05, 4.69) is 23.3 Å². The van der Waals surface area contributed by atoms with E-state index in [4.69, 9.17) is 0 Å². The maximum Gasteiger partial charge on any atom is 0.146 e. The summed E-state index contributed by atoms with van der Waals surface area (Å²) >= 11 is 0. The maximum atomic E-state index is 14.0. The average Bonchev–Trinajstić information content (AvgIpc) is 2.50. The Balaban J connectivity index is 2.10. The summed E-state index contributed by atoms with van der Waals surface area (Å²) in [6, 6.07) is 3.23. The van der Waals surface area contributed by atoms with Crippen LogP contribution in [-0.2, 0) is 6.54 Å². The first-order valence-corrected chi connectivity index (χ1v) is 8.20. The second-order valence-electron chi connectivity index (χ2n) is 6.65. The third-order valence-electron chi connectivity index (χ3n) is 4.45. The Morgan fingerprint density at radius 2 is 2.18 bits per heavy atom. The lowest BCUT2D eigenvalue weighted by atomic mass is 9.89. The van der Waals surface area contributed by atoms with Gasteiger partial charge in [-0.3, -0.25) is 0 Å². The number of allylic oxidation sites excluding steroid dienone is 2. The number of aliphatic hydroxyl groups excluding tert-OH is 1. The van der Waals surface area contributed by atoms with Crippen LogP contribution in [0.2, 0.25) is 0 Å². The van der Waals surface area contributed by atoms with E-state index in [-0.39, 0.29) is 18.5 Å². The summed E-state index contributed by atoms with van der Waals surface area (Å²) in [5.41, 5.74) is 2.54. The quantitative estimate of drug-likeness (QED) is 0.845. The largest absolute Gasteiger partial charge is 0.395 e. The van der Waals surface area contributed by atoms with Crippen LogP contribution in [0.15, 0.2) is 18.2 Å². The number of aromatic nitrogens is 1. The minimum absolute atomic E-state index is 0.0420. The average molecular weight is 306 g/mol. The van der Waals surface area contributed by atoms with Crippen LogP contribution in [0.5, 0.6) is 0 Å². The van der Waals surface area contributed by atoms with Crippen molar-refractivity contribution in [2.24, 2.45) is 11.8 Å². The van der Waals surface area contributed by atoms with Crippen molar-refractivity contribution in [3.63, 3.8) is 0 Å². The second kappa shape index (κ2) is 7.84. The molecule has 0 fully saturated rings. The van der Waals surface area contributed by atoms with Crippen molar-refractivity contribution in [2.75, 3.05) is 6.61 Å². The summed E-state index contributed by atoms with van der Waals surface area (Å²) in [7, 11) is 0. The van der Waals surface area contributed by atoms with Crippen LogP contribution >= 0.6 is 0 Å². The third kappa shape index (κ3) is 4.37. The van der Waals surface area contributed by atoms with Gasteiger partial charge in [-0.25, -0.2) is 9.37 Å². The lowest BCUT2D eigenvalue weighted by Gasteiger charge is -2.21. The molecule has 0 bridgehead atoms. The standard InChI is InChI=1S/C18H27FN2O/c1-12(2)18(11-22)20-10-17-15(19)8-9-16(21-17)14-6-4-13(3)5-7-14/h6,8-9,12-13,18,20,22H,4-5,7,10-11H2,1-3H3/t13?,18-/m0/s1. The zero-order chi connectivity index (χ0) is 16.1. The van der Waals surface area contributed by atoms with Crippen molar-refractivity contribution in [3.8, 4) is 0 Å². The number of rotatable bonds is 6. The van der Waals surface area contributed by atoms with Gasteiger partial charge in [0.05, 0.1) is 18.0 Å². The molecule has 1 heterocycles. The minimum Gasteiger partial charge on any atom is -0.395 e. The minimum atomic E-state index is -0.290. The molecule has 122 valence electrons. The van der Waals surface area contributed by atoms with Crippen LogP contribution in [0.3, 0.4) is 0 Å². The van der Waals surface area contributed by atoms with Gasteiger partial charge in [0, 0.05) is 12.6 Å². The fourth-order valence-corrected chi connectivity index (χ4v) is 2.72. The highest BCUT2D eigenvalue weighted by Gasteiger charge is 2.16. The van der Waals surface area contributed by atoms with E-state index < -0.39 is 0 Å². The smallest absolute Gasteiger partial charge is 0.146 e. The molecule has 2 N–H and O–H groups in total. The van der Waals surface area contributed by atoms with Crippen LogP contribution in [0.1, 0.15) is 51.4 Å². The fraction of sp³-hybridized carbons (Fsp3) is 0.611. The summed E-state index contributed by atoms with van der Waals surface area (Å²) in [5, 5.41) is 12.5. The zero-order valence-electron chi connectivity index (χ0n) is 13.8. The first-order valence-electron chi connectivity index (χ1n) is 8.20. The second-order valence-corrected chi connectivity index (χ2v) is 6.65. The molecule has 4 heteroatoms.